The molecule has 0 aliphatic heterocycles. The Morgan fingerprint density at radius 2 is 1.94 bits per heavy atom. The van der Waals surface area contributed by atoms with Gasteiger partial charge in [0.15, 0.2) is 0 Å². The summed E-state index contributed by atoms with van der Waals surface area (Å²) in [4.78, 5) is 17.1. The number of primary amides is 1. The van der Waals surface area contributed by atoms with Crippen molar-refractivity contribution >= 4 is 39.9 Å². The number of fused-ring (bicyclic) bond motifs is 1. The lowest BCUT2D eigenvalue weighted by Gasteiger charge is -2.26. The zero-order chi connectivity index (χ0) is 24.5. The van der Waals surface area contributed by atoms with Gasteiger partial charge in [0.05, 0.1) is 17.1 Å². The molecule has 1 amide bonds. The van der Waals surface area contributed by atoms with Crippen LogP contribution in [0, 0.1) is 0 Å². The van der Waals surface area contributed by atoms with Crippen LogP contribution in [-0.2, 0) is 0 Å². The number of hydrogen-bond acceptors (Lipinski definition) is 6. The summed E-state index contributed by atoms with van der Waals surface area (Å²) in [6, 6.07) is 15.4. The second kappa shape index (κ2) is 9.89. The summed E-state index contributed by atoms with van der Waals surface area (Å²) in [5.41, 5.74) is 14.2. The highest BCUT2D eigenvalue weighted by atomic mass is 35.5. The smallest absolute Gasteiger partial charge is 0.262 e. The molecule has 1 saturated carbocycles. The highest BCUT2D eigenvalue weighted by molar-refractivity contribution is 7.16. The van der Waals surface area contributed by atoms with Gasteiger partial charge in [-0.05, 0) is 50.8 Å². The van der Waals surface area contributed by atoms with E-state index in [1.807, 2.05) is 60.0 Å². The molecule has 9 heteroatoms. The summed E-state index contributed by atoms with van der Waals surface area (Å²) >= 11 is 7.59. The fourth-order valence-corrected chi connectivity index (χ4v) is 5.65. The zero-order valence-electron chi connectivity index (χ0n) is 19.3. The highest BCUT2D eigenvalue weighted by Crippen LogP contribution is 2.37. The summed E-state index contributed by atoms with van der Waals surface area (Å²) in [5, 5.41) is 1.37. The van der Waals surface area contributed by atoms with Crippen LogP contribution < -0.4 is 20.9 Å². The maximum Gasteiger partial charge on any atom is 0.262 e. The first-order valence-corrected chi connectivity index (χ1v) is 12.8. The van der Waals surface area contributed by atoms with Crippen molar-refractivity contribution in [2.45, 2.75) is 50.9 Å². The number of nitrogens with zero attached hydrogens (tertiary/aromatic N) is 2. The van der Waals surface area contributed by atoms with Crippen molar-refractivity contribution in [1.82, 2.24) is 9.55 Å². The minimum atomic E-state index is -0.549. The molecule has 1 atom stereocenters. The van der Waals surface area contributed by atoms with Crippen LogP contribution in [0.2, 0.25) is 5.02 Å². The van der Waals surface area contributed by atoms with E-state index in [0.29, 0.717) is 15.6 Å². The standard InChI is InChI=1S/C26H27ClN4O3S/c1-15(19-4-2-3-5-20(19)27)33-23-13-24(35-25(23)26(29)32)31-14-30-21-11-10-18(12-22(21)31)34-17-8-6-16(28)7-9-17/h2-5,10-17H,6-9,28H2,1H3,(H2,29,32)/t15-,16-,17+/m1/s1. The number of imidazole rings is 1. The third-order valence-electron chi connectivity index (χ3n) is 6.33. The van der Waals surface area contributed by atoms with Crippen LogP contribution in [0.5, 0.6) is 11.5 Å². The van der Waals surface area contributed by atoms with Gasteiger partial charge in [-0.15, -0.1) is 11.3 Å². The molecule has 4 aromatic rings. The first-order chi connectivity index (χ1) is 16.9. The Hall–Kier alpha value is -3.07. The maximum absolute atomic E-state index is 12.2. The second-order valence-electron chi connectivity index (χ2n) is 8.84. The Kier molecular flexibility index (Phi) is 6.69. The molecule has 182 valence electrons. The fourth-order valence-electron chi connectivity index (χ4n) is 4.43. The number of ether oxygens (including phenoxy) is 2. The monoisotopic (exact) mass is 510 g/mol. The van der Waals surface area contributed by atoms with Gasteiger partial charge in [0.2, 0.25) is 0 Å². The van der Waals surface area contributed by atoms with Gasteiger partial charge in [0, 0.05) is 28.8 Å². The summed E-state index contributed by atoms with van der Waals surface area (Å²) < 4.78 is 14.3. The second-order valence-corrected chi connectivity index (χ2v) is 10.3. The van der Waals surface area contributed by atoms with E-state index in [1.54, 1.807) is 6.33 Å². The predicted molar refractivity (Wildman–Crippen MR) is 139 cm³/mol. The Balaban J connectivity index is 1.44. The van der Waals surface area contributed by atoms with Crippen molar-refractivity contribution in [3.05, 3.63) is 70.3 Å². The van der Waals surface area contributed by atoms with Crippen LogP contribution in [0.15, 0.2) is 54.9 Å². The Morgan fingerprint density at radius 1 is 1.17 bits per heavy atom. The fraction of sp³-hybridized carbons (Fsp3) is 0.308. The van der Waals surface area contributed by atoms with Gasteiger partial charge in [-0.3, -0.25) is 9.36 Å². The van der Waals surface area contributed by atoms with E-state index in [-0.39, 0.29) is 18.2 Å². The van der Waals surface area contributed by atoms with Crippen molar-refractivity contribution in [1.29, 1.82) is 0 Å². The molecular weight excluding hydrogens is 484 g/mol. The quantitative estimate of drug-likeness (QED) is 0.335. The zero-order valence-corrected chi connectivity index (χ0v) is 20.9. The van der Waals surface area contributed by atoms with Gasteiger partial charge in [-0.1, -0.05) is 29.8 Å². The third kappa shape index (κ3) is 5.00. The number of benzene rings is 2. The van der Waals surface area contributed by atoms with Crippen molar-refractivity contribution < 1.29 is 14.3 Å². The minimum absolute atomic E-state index is 0.165. The molecule has 7 nitrogen and oxygen atoms in total. The Morgan fingerprint density at radius 3 is 2.69 bits per heavy atom. The molecule has 1 fully saturated rings. The average molecular weight is 511 g/mol. The number of rotatable bonds is 7. The molecule has 0 unspecified atom stereocenters. The van der Waals surface area contributed by atoms with E-state index in [2.05, 4.69) is 4.98 Å². The number of thiophene rings is 1. The SMILES string of the molecule is C[C@@H](Oc1cc(-n2cnc3ccc(O[C@H]4CC[C@@H](N)CC4)cc32)sc1C(N)=O)c1ccccc1Cl. The van der Waals surface area contributed by atoms with E-state index in [1.165, 1.54) is 11.3 Å². The molecule has 2 aromatic carbocycles. The lowest BCUT2D eigenvalue weighted by molar-refractivity contribution is 0.0998. The number of amides is 1. The molecule has 35 heavy (non-hydrogen) atoms. The molecule has 4 N–H and O–H groups in total. The van der Waals surface area contributed by atoms with Crippen LogP contribution in [0.25, 0.3) is 16.0 Å². The molecule has 0 spiro atoms. The summed E-state index contributed by atoms with van der Waals surface area (Å²) in [5.74, 6) is 0.652. The van der Waals surface area contributed by atoms with Gasteiger partial charge < -0.3 is 20.9 Å². The summed E-state index contributed by atoms with van der Waals surface area (Å²) in [7, 11) is 0. The number of carbonyl (C=O) groups is 1. The van der Waals surface area contributed by atoms with Crippen LogP contribution >= 0.6 is 22.9 Å². The van der Waals surface area contributed by atoms with Gasteiger partial charge in [0.25, 0.3) is 5.91 Å². The largest absolute Gasteiger partial charge is 0.490 e. The predicted octanol–water partition coefficient (Wildman–Crippen LogP) is 5.63. The molecule has 0 bridgehead atoms. The molecular formula is C26H27ClN4O3S. The number of aromatic nitrogens is 2. The van der Waals surface area contributed by atoms with E-state index < -0.39 is 5.91 Å². The molecule has 1 aliphatic rings. The first kappa shape index (κ1) is 23.7. The Labute approximate surface area is 212 Å². The van der Waals surface area contributed by atoms with Crippen LogP contribution in [0.4, 0.5) is 0 Å². The van der Waals surface area contributed by atoms with E-state index in [9.17, 15) is 4.79 Å². The molecule has 2 heterocycles. The van der Waals surface area contributed by atoms with Crippen molar-refractivity contribution in [3.8, 4) is 16.5 Å². The summed E-state index contributed by atoms with van der Waals surface area (Å²) in [6.45, 7) is 1.89. The third-order valence-corrected chi connectivity index (χ3v) is 7.81. The number of hydrogen-bond donors (Lipinski definition) is 2. The molecule has 1 aliphatic carbocycles. The van der Waals surface area contributed by atoms with Crippen LogP contribution in [0.3, 0.4) is 0 Å². The normalized spacial score (nSPS) is 18.9. The lowest BCUT2D eigenvalue weighted by Crippen LogP contribution is -2.31. The van der Waals surface area contributed by atoms with E-state index in [4.69, 9.17) is 32.5 Å². The molecule has 0 radical (unpaired) electrons. The van der Waals surface area contributed by atoms with Gasteiger partial charge in [-0.2, -0.15) is 0 Å². The topological polar surface area (TPSA) is 105 Å². The van der Waals surface area contributed by atoms with Crippen LogP contribution in [-0.4, -0.2) is 27.6 Å². The number of halogens is 1. The minimum Gasteiger partial charge on any atom is -0.490 e. The van der Waals surface area contributed by atoms with Gasteiger partial charge >= 0.3 is 0 Å². The van der Waals surface area contributed by atoms with E-state index >= 15 is 0 Å². The molecule has 2 aromatic heterocycles. The van der Waals surface area contributed by atoms with Crippen molar-refractivity contribution in [2.24, 2.45) is 11.5 Å². The molecule has 5 rings (SSSR count). The first-order valence-electron chi connectivity index (χ1n) is 11.6. The van der Waals surface area contributed by atoms with E-state index in [0.717, 1.165) is 53.0 Å². The lowest BCUT2D eigenvalue weighted by atomic mass is 9.94. The van der Waals surface area contributed by atoms with Crippen molar-refractivity contribution in [3.63, 3.8) is 0 Å². The summed E-state index contributed by atoms with van der Waals surface area (Å²) in [6.07, 6.45) is 5.39. The Bertz CT molecular complexity index is 1360. The van der Waals surface area contributed by atoms with Crippen molar-refractivity contribution in [2.75, 3.05) is 0 Å². The average Bonchev–Trinajstić information content (AvgIpc) is 3.44. The number of carbonyl (C=O) groups excluding carboxylic acids is 1. The maximum atomic E-state index is 12.2. The highest BCUT2D eigenvalue weighted by Gasteiger charge is 2.22. The van der Waals surface area contributed by atoms with Gasteiger partial charge in [-0.25, -0.2) is 4.98 Å². The number of nitrogens with two attached hydrogens (primary N) is 2. The molecule has 0 saturated heterocycles. The van der Waals surface area contributed by atoms with Gasteiger partial charge in [0.1, 0.15) is 33.8 Å². The van der Waals surface area contributed by atoms with Crippen LogP contribution in [0.1, 0.15) is 53.9 Å².